The molecule has 2 aromatic rings. The van der Waals surface area contributed by atoms with Gasteiger partial charge in [0.15, 0.2) is 0 Å². The fourth-order valence-electron chi connectivity index (χ4n) is 2.25. The summed E-state index contributed by atoms with van der Waals surface area (Å²) >= 11 is 5.35. The van der Waals surface area contributed by atoms with E-state index in [9.17, 15) is 0 Å². The molecule has 2 rings (SSSR count). The molecule has 0 saturated carbocycles. The highest BCUT2D eigenvalue weighted by Gasteiger charge is 2.15. The summed E-state index contributed by atoms with van der Waals surface area (Å²) in [6.07, 6.45) is 2.10. The molecule has 0 saturated heterocycles. The highest BCUT2D eigenvalue weighted by atomic mass is 79.9. The Morgan fingerprint density at radius 1 is 1.19 bits per heavy atom. The van der Waals surface area contributed by atoms with Crippen molar-refractivity contribution in [2.24, 2.45) is 0 Å². The highest BCUT2D eigenvalue weighted by Crippen LogP contribution is 2.31. The van der Waals surface area contributed by atoms with Gasteiger partial charge in [-0.25, -0.2) is 0 Å². The van der Waals surface area contributed by atoms with Crippen molar-refractivity contribution in [2.45, 2.75) is 25.8 Å². The maximum Gasteiger partial charge on any atom is 0.0702 e. The summed E-state index contributed by atoms with van der Waals surface area (Å²) in [5.41, 5.74) is 2.64. The van der Waals surface area contributed by atoms with Crippen LogP contribution < -0.4 is 5.32 Å². The van der Waals surface area contributed by atoms with Crippen LogP contribution >= 0.6 is 27.3 Å². The number of thiophene rings is 1. The second-order valence-corrected chi connectivity index (χ2v) is 7.51. The second-order valence-electron chi connectivity index (χ2n) is 5.01. The first-order valence-electron chi connectivity index (χ1n) is 7.31. The standard InChI is InChI=1S/C17H22BrNOS/c1-3-11-19-17(15-8-9-16(18)21-15)14-6-4-13(5-7-14)10-12-20-2/h4-9,17,19H,3,10-12H2,1-2H3. The van der Waals surface area contributed by atoms with E-state index < -0.39 is 0 Å². The molecule has 21 heavy (non-hydrogen) atoms. The van der Waals surface area contributed by atoms with E-state index in [2.05, 4.69) is 64.6 Å². The fraction of sp³-hybridized carbons (Fsp3) is 0.412. The Kier molecular flexibility index (Phi) is 6.90. The van der Waals surface area contributed by atoms with E-state index in [0.717, 1.165) is 26.0 Å². The summed E-state index contributed by atoms with van der Waals surface area (Å²) in [5.74, 6) is 0. The Hall–Kier alpha value is -0.680. The fourth-order valence-corrected chi connectivity index (χ4v) is 3.78. The van der Waals surface area contributed by atoms with Crippen molar-refractivity contribution >= 4 is 27.3 Å². The smallest absolute Gasteiger partial charge is 0.0702 e. The van der Waals surface area contributed by atoms with Gasteiger partial charge in [0, 0.05) is 12.0 Å². The summed E-state index contributed by atoms with van der Waals surface area (Å²) < 4.78 is 6.31. The van der Waals surface area contributed by atoms with Gasteiger partial charge < -0.3 is 10.1 Å². The molecule has 1 heterocycles. The molecule has 0 aliphatic heterocycles. The van der Waals surface area contributed by atoms with E-state index in [4.69, 9.17) is 4.74 Å². The number of halogens is 1. The van der Waals surface area contributed by atoms with Crippen molar-refractivity contribution in [2.75, 3.05) is 20.3 Å². The van der Waals surface area contributed by atoms with E-state index in [1.807, 2.05) is 0 Å². The lowest BCUT2D eigenvalue weighted by Crippen LogP contribution is -2.22. The quantitative estimate of drug-likeness (QED) is 0.724. The molecule has 1 aromatic carbocycles. The van der Waals surface area contributed by atoms with Crippen LogP contribution in [0.2, 0.25) is 0 Å². The zero-order chi connectivity index (χ0) is 15.1. The molecule has 0 spiro atoms. The zero-order valence-electron chi connectivity index (χ0n) is 12.6. The van der Waals surface area contributed by atoms with Crippen molar-refractivity contribution in [3.8, 4) is 0 Å². The average molecular weight is 368 g/mol. The largest absolute Gasteiger partial charge is 0.384 e. The maximum atomic E-state index is 5.13. The van der Waals surface area contributed by atoms with Crippen LogP contribution in [0.15, 0.2) is 40.2 Å². The zero-order valence-corrected chi connectivity index (χ0v) is 15.0. The minimum absolute atomic E-state index is 0.276. The predicted molar refractivity (Wildman–Crippen MR) is 94.2 cm³/mol. The molecule has 0 fully saturated rings. The van der Waals surface area contributed by atoms with Gasteiger partial charge in [-0.2, -0.15) is 0 Å². The van der Waals surface area contributed by atoms with Gasteiger partial charge in [-0.15, -0.1) is 11.3 Å². The van der Waals surface area contributed by atoms with Gasteiger partial charge >= 0.3 is 0 Å². The molecule has 1 atom stereocenters. The first-order valence-corrected chi connectivity index (χ1v) is 8.92. The van der Waals surface area contributed by atoms with Crippen molar-refractivity contribution in [1.29, 1.82) is 0 Å². The Morgan fingerprint density at radius 2 is 1.95 bits per heavy atom. The molecule has 1 aromatic heterocycles. The van der Waals surface area contributed by atoms with Crippen LogP contribution in [0.3, 0.4) is 0 Å². The highest BCUT2D eigenvalue weighted by molar-refractivity contribution is 9.11. The molecule has 114 valence electrons. The maximum absolute atomic E-state index is 5.13. The van der Waals surface area contributed by atoms with Crippen molar-refractivity contribution in [3.63, 3.8) is 0 Å². The van der Waals surface area contributed by atoms with Crippen LogP contribution in [0, 0.1) is 0 Å². The molecule has 0 aliphatic rings. The molecule has 1 N–H and O–H groups in total. The van der Waals surface area contributed by atoms with Gasteiger partial charge in [-0.1, -0.05) is 31.2 Å². The van der Waals surface area contributed by atoms with Crippen molar-refractivity contribution < 1.29 is 4.74 Å². The van der Waals surface area contributed by atoms with Crippen molar-refractivity contribution in [3.05, 3.63) is 56.2 Å². The molecule has 2 nitrogen and oxygen atoms in total. The molecule has 4 heteroatoms. The van der Waals surface area contributed by atoms with Crippen molar-refractivity contribution in [1.82, 2.24) is 5.32 Å². The van der Waals surface area contributed by atoms with Crippen LogP contribution in [-0.2, 0) is 11.2 Å². The van der Waals surface area contributed by atoms with Gasteiger partial charge in [0.1, 0.15) is 0 Å². The van der Waals surface area contributed by atoms with E-state index >= 15 is 0 Å². The summed E-state index contributed by atoms with van der Waals surface area (Å²) in [4.78, 5) is 1.35. The predicted octanol–water partition coefficient (Wildman–Crippen LogP) is 4.79. The van der Waals surface area contributed by atoms with Crippen LogP contribution in [0.25, 0.3) is 0 Å². The van der Waals surface area contributed by atoms with E-state index in [1.54, 1.807) is 18.4 Å². The first-order chi connectivity index (χ1) is 10.2. The third-order valence-electron chi connectivity index (χ3n) is 3.38. The average Bonchev–Trinajstić information content (AvgIpc) is 2.93. The summed E-state index contributed by atoms with van der Waals surface area (Å²) in [5, 5.41) is 3.64. The van der Waals surface area contributed by atoms with Gasteiger partial charge in [0.2, 0.25) is 0 Å². The Labute approximate surface area is 139 Å². The lowest BCUT2D eigenvalue weighted by molar-refractivity contribution is 0.202. The number of hydrogen-bond acceptors (Lipinski definition) is 3. The number of hydrogen-bond donors (Lipinski definition) is 1. The topological polar surface area (TPSA) is 21.3 Å². The molecule has 1 unspecified atom stereocenters. The molecular formula is C17H22BrNOS. The Morgan fingerprint density at radius 3 is 2.52 bits per heavy atom. The Balaban J connectivity index is 2.16. The third-order valence-corrected chi connectivity index (χ3v) is 5.07. The van der Waals surface area contributed by atoms with E-state index in [-0.39, 0.29) is 6.04 Å². The van der Waals surface area contributed by atoms with Crippen LogP contribution in [0.1, 0.15) is 35.4 Å². The number of ether oxygens (including phenoxy) is 1. The summed E-state index contributed by atoms with van der Waals surface area (Å²) in [6, 6.07) is 13.5. The van der Waals surface area contributed by atoms with Gasteiger partial charge in [0.25, 0.3) is 0 Å². The van der Waals surface area contributed by atoms with E-state index in [0.29, 0.717) is 0 Å². The molecule has 0 aliphatic carbocycles. The van der Waals surface area contributed by atoms with Crippen LogP contribution in [0.4, 0.5) is 0 Å². The lowest BCUT2D eigenvalue weighted by Gasteiger charge is -2.18. The lowest BCUT2D eigenvalue weighted by atomic mass is 10.0. The molecule has 0 bridgehead atoms. The minimum atomic E-state index is 0.276. The monoisotopic (exact) mass is 367 g/mol. The number of rotatable bonds is 8. The van der Waals surface area contributed by atoms with Crippen LogP contribution in [-0.4, -0.2) is 20.3 Å². The summed E-state index contributed by atoms with van der Waals surface area (Å²) in [6.45, 7) is 3.99. The number of nitrogens with one attached hydrogen (secondary N) is 1. The molecule has 0 radical (unpaired) electrons. The summed E-state index contributed by atoms with van der Waals surface area (Å²) in [7, 11) is 1.74. The SMILES string of the molecule is CCCNC(c1ccc(CCOC)cc1)c1ccc(Br)s1. The number of benzene rings is 1. The normalized spacial score (nSPS) is 12.5. The third kappa shape index (κ3) is 4.92. The van der Waals surface area contributed by atoms with Gasteiger partial charge in [-0.3, -0.25) is 0 Å². The second kappa shape index (κ2) is 8.69. The van der Waals surface area contributed by atoms with Gasteiger partial charge in [-0.05, 0) is 58.6 Å². The Bertz CT molecular complexity index is 538. The van der Waals surface area contributed by atoms with Crippen LogP contribution in [0.5, 0.6) is 0 Å². The van der Waals surface area contributed by atoms with Gasteiger partial charge in [0.05, 0.1) is 16.4 Å². The molecular weight excluding hydrogens is 346 g/mol. The molecule has 0 amide bonds. The first kappa shape index (κ1) is 16.7. The van der Waals surface area contributed by atoms with E-state index in [1.165, 1.54) is 19.8 Å². The minimum Gasteiger partial charge on any atom is -0.384 e. The number of methoxy groups -OCH3 is 1.